The zero-order valence-electron chi connectivity index (χ0n) is 10.9. The van der Waals surface area contributed by atoms with Crippen molar-refractivity contribution in [1.82, 2.24) is 25.3 Å². The molecule has 2 aromatic heterocycles. The highest BCUT2D eigenvalue weighted by molar-refractivity contribution is 5.09. The highest BCUT2D eigenvalue weighted by atomic mass is 15.4. The standard InChI is InChI=1S/C13H19N5/c1-3-6-15-11(2)13-10-18(17-16-13)9-12-5-4-7-14-8-12/h4-5,7-8,10-11,15H,3,6,9H2,1-2H3. The van der Waals surface area contributed by atoms with E-state index in [9.17, 15) is 0 Å². The van der Waals surface area contributed by atoms with Gasteiger partial charge in [-0.3, -0.25) is 4.98 Å². The van der Waals surface area contributed by atoms with Crippen molar-refractivity contribution in [2.75, 3.05) is 6.54 Å². The molecule has 1 N–H and O–H groups in total. The third-order valence-electron chi connectivity index (χ3n) is 2.77. The maximum Gasteiger partial charge on any atom is 0.0993 e. The molecule has 18 heavy (non-hydrogen) atoms. The first kappa shape index (κ1) is 12.7. The van der Waals surface area contributed by atoms with Gasteiger partial charge in [-0.1, -0.05) is 18.2 Å². The van der Waals surface area contributed by atoms with Gasteiger partial charge in [-0.25, -0.2) is 4.68 Å². The lowest BCUT2D eigenvalue weighted by Gasteiger charge is -2.08. The van der Waals surface area contributed by atoms with Gasteiger partial charge < -0.3 is 5.32 Å². The summed E-state index contributed by atoms with van der Waals surface area (Å²) in [4.78, 5) is 4.09. The van der Waals surface area contributed by atoms with Crippen LogP contribution in [0.5, 0.6) is 0 Å². The predicted octanol–water partition coefficient (Wildman–Crippen LogP) is 1.78. The molecule has 1 atom stereocenters. The minimum absolute atomic E-state index is 0.243. The fraction of sp³-hybridized carbons (Fsp3) is 0.462. The summed E-state index contributed by atoms with van der Waals surface area (Å²) in [7, 11) is 0. The molecule has 2 aromatic rings. The predicted molar refractivity (Wildman–Crippen MR) is 70.1 cm³/mol. The number of hydrogen-bond donors (Lipinski definition) is 1. The van der Waals surface area contributed by atoms with Crippen molar-refractivity contribution in [2.45, 2.75) is 32.9 Å². The van der Waals surface area contributed by atoms with Crippen LogP contribution in [-0.2, 0) is 6.54 Å². The Morgan fingerprint density at radius 2 is 2.33 bits per heavy atom. The first-order chi connectivity index (χ1) is 8.79. The molecule has 0 aromatic carbocycles. The van der Waals surface area contributed by atoms with Crippen LogP contribution >= 0.6 is 0 Å². The van der Waals surface area contributed by atoms with Crippen LogP contribution in [0.3, 0.4) is 0 Å². The quantitative estimate of drug-likeness (QED) is 0.843. The van der Waals surface area contributed by atoms with Gasteiger partial charge in [0.2, 0.25) is 0 Å². The molecule has 96 valence electrons. The molecular weight excluding hydrogens is 226 g/mol. The van der Waals surface area contributed by atoms with Crippen LogP contribution in [0.4, 0.5) is 0 Å². The average molecular weight is 245 g/mol. The lowest BCUT2D eigenvalue weighted by atomic mass is 10.2. The van der Waals surface area contributed by atoms with Gasteiger partial charge in [-0.15, -0.1) is 5.10 Å². The van der Waals surface area contributed by atoms with Gasteiger partial charge in [-0.2, -0.15) is 0 Å². The molecule has 0 aliphatic carbocycles. The molecule has 0 fully saturated rings. The lowest BCUT2D eigenvalue weighted by Crippen LogP contribution is -2.19. The van der Waals surface area contributed by atoms with E-state index in [2.05, 4.69) is 34.5 Å². The Labute approximate surface area is 107 Å². The lowest BCUT2D eigenvalue weighted by molar-refractivity contribution is 0.557. The molecule has 2 rings (SSSR count). The zero-order chi connectivity index (χ0) is 12.8. The summed E-state index contributed by atoms with van der Waals surface area (Å²) in [6.07, 6.45) is 6.72. The van der Waals surface area contributed by atoms with Gasteiger partial charge in [0.05, 0.1) is 24.5 Å². The van der Waals surface area contributed by atoms with Crippen molar-refractivity contribution in [3.63, 3.8) is 0 Å². The number of hydrogen-bond acceptors (Lipinski definition) is 4. The van der Waals surface area contributed by atoms with Crippen molar-refractivity contribution < 1.29 is 0 Å². The first-order valence-corrected chi connectivity index (χ1v) is 6.32. The molecule has 0 aliphatic heterocycles. The highest BCUT2D eigenvalue weighted by Crippen LogP contribution is 2.08. The van der Waals surface area contributed by atoms with Crippen LogP contribution in [0, 0.1) is 0 Å². The Hall–Kier alpha value is -1.75. The van der Waals surface area contributed by atoms with Crippen LogP contribution in [0.1, 0.15) is 37.6 Å². The van der Waals surface area contributed by atoms with Crippen molar-refractivity contribution >= 4 is 0 Å². The maximum atomic E-state index is 4.20. The van der Waals surface area contributed by atoms with E-state index in [-0.39, 0.29) is 6.04 Å². The largest absolute Gasteiger partial charge is 0.309 e. The molecule has 0 radical (unpaired) electrons. The second-order valence-corrected chi connectivity index (χ2v) is 4.38. The normalized spacial score (nSPS) is 12.6. The van der Waals surface area contributed by atoms with Gasteiger partial charge in [0.25, 0.3) is 0 Å². The average Bonchev–Trinajstić information content (AvgIpc) is 2.86. The third kappa shape index (κ3) is 3.37. The summed E-state index contributed by atoms with van der Waals surface area (Å²) in [6, 6.07) is 4.21. The fourth-order valence-electron chi connectivity index (χ4n) is 1.73. The van der Waals surface area contributed by atoms with E-state index in [0.717, 1.165) is 24.2 Å². The number of rotatable bonds is 6. The summed E-state index contributed by atoms with van der Waals surface area (Å²) < 4.78 is 1.84. The Balaban J connectivity index is 1.98. The van der Waals surface area contributed by atoms with Gasteiger partial charge in [0.15, 0.2) is 0 Å². The molecule has 5 nitrogen and oxygen atoms in total. The van der Waals surface area contributed by atoms with Gasteiger partial charge in [0, 0.05) is 12.4 Å². The zero-order valence-corrected chi connectivity index (χ0v) is 10.9. The molecule has 0 saturated carbocycles. The van der Waals surface area contributed by atoms with Crippen LogP contribution in [0.2, 0.25) is 0 Å². The Kier molecular flexibility index (Phi) is 4.41. The molecular formula is C13H19N5. The molecule has 5 heteroatoms. The SMILES string of the molecule is CCCNC(C)c1cn(Cc2cccnc2)nn1. The molecule has 0 amide bonds. The third-order valence-corrected chi connectivity index (χ3v) is 2.77. The van der Waals surface area contributed by atoms with E-state index >= 15 is 0 Å². The monoisotopic (exact) mass is 245 g/mol. The van der Waals surface area contributed by atoms with E-state index in [0.29, 0.717) is 6.54 Å². The maximum absolute atomic E-state index is 4.20. The Bertz CT molecular complexity index is 465. The highest BCUT2D eigenvalue weighted by Gasteiger charge is 2.08. The number of nitrogens with one attached hydrogen (secondary N) is 1. The Morgan fingerprint density at radius 3 is 3.06 bits per heavy atom. The second-order valence-electron chi connectivity index (χ2n) is 4.38. The topological polar surface area (TPSA) is 55.6 Å². The molecule has 2 heterocycles. The second kappa shape index (κ2) is 6.26. The van der Waals surface area contributed by atoms with Crippen molar-refractivity contribution in [1.29, 1.82) is 0 Å². The minimum Gasteiger partial charge on any atom is -0.309 e. The van der Waals surface area contributed by atoms with Gasteiger partial charge in [0.1, 0.15) is 0 Å². The number of aromatic nitrogens is 4. The molecule has 1 unspecified atom stereocenters. The Morgan fingerprint density at radius 1 is 1.44 bits per heavy atom. The minimum atomic E-state index is 0.243. The fourth-order valence-corrected chi connectivity index (χ4v) is 1.73. The van der Waals surface area contributed by atoms with Gasteiger partial charge >= 0.3 is 0 Å². The van der Waals surface area contributed by atoms with Crippen molar-refractivity contribution in [2.24, 2.45) is 0 Å². The van der Waals surface area contributed by atoms with E-state index in [1.54, 1.807) is 6.20 Å². The molecule has 0 spiro atoms. The summed E-state index contributed by atoms with van der Waals surface area (Å²) in [5.74, 6) is 0. The van der Waals surface area contributed by atoms with Crippen LogP contribution in [0.15, 0.2) is 30.7 Å². The first-order valence-electron chi connectivity index (χ1n) is 6.32. The summed E-state index contributed by atoms with van der Waals surface area (Å²) >= 11 is 0. The van der Waals surface area contributed by atoms with Gasteiger partial charge in [-0.05, 0) is 31.5 Å². The smallest absolute Gasteiger partial charge is 0.0993 e. The van der Waals surface area contributed by atoms with Crippen LogP contribution in [-0.4, -0.2) is 26.5 Å². The van der Waals surface area contributed by atoms with E-state index in [1.807, 2.05) is 29.2 Å². The van der Waals surface area contributed by atoms with E-state index in [4.69, 9.17) is 0 Å². The van der Waals surface area contributed by atoms with Crippen LogP contribution < -0.4 is 5.32 Å². The van der Waals surface area contributed by atoms with Crippen LogP contribution in [0.25, 0.3) is 0 Å². The molecule has 0 bridgehead atoms. The van der Waals surface area contributed by atoms with E-state index < -0.39 is 0 Å². The summed E-state index contributed by atoms with van der Waals surface area (Å²) in [6.45, 7) is 5.96. The number of nitrogens with zero attached hydrogens (tertiary/aromatic N) is 4. The number of pyridine rings is 1. The van der Waals surface area contributed by atoms with Crippen molar-refractivity contribution in [3.05, 3.63) is 42.0 Å². The van der Waals surface area contributed by atoms with Crippen molar-refractivity contribution in [3.8, 4) is 0 Å². The molecule has 0 aliphatic rings. The van der Waals surface area contributed by atoms with E-state index in [1.165, 1.54) is 0 Å². The molecule has 0 saturated heterocycles. The summed E-state index contributed by atoms with van der Waals surface area (Å²) in [5, 5.41) is 11.7. The summed E-state index contributed by atoms with van der Waals surface area (Å²) in [5.41, 5.74) is 2.11.